The number of nitrogens with one attached hydrogen (secondary N) is 3. The number of carbonyl (C=O) groups excluding carboxylic acids is 1. The Labute approximate surface area is 172 Å². The van der Waals surface area contributed by atoms with Gasteiger partial charge in [0.1, 0.15) is 4.34 Å². The third kappa shape index (κ3) is 4.35. The van der Waals surface area contributed by atoms with E-state index in [2.05, 4.69) is 20.9 Å². The first-order valence-electron chi connectivity index (χ1n) is 8.95. The summed E-state index contributed by atoms with van der Waals surface area (Å²) in [5.41, 5.74) is 4.62. The molecule has 2 heterocycles. The Hall–Kier alpha value is -2.83. The zero-order chi connectivity index (χ0) is 19.3. The third-order valence-corrected chi connectivity index (χ3v) is 5.59. The van der Waals surface area contributed by atoms with Gasteiger partial charge in [0.25, 0.3) is 5.91 Å². The van der Waals surface area contributed by atoms with Crippen LogP contribution in [0.3, 0.4) is 0 Å². The lowest BCUT2D eigenvalue weighted by atomic mass is 10.1. The average Bonchev–Trinajstić information content (AvgIpc) is 3.39. The molecule has 0 unspecified atom stereocenters. The van der Waals surface area contributed by atoms with Crippen LogP contribution in [0.4, 0.5) is 5.69 Å². The summed E-state index contributed by atoms with van der Waals surface area (Å²) < 4.78 is 0.755. The Morgan fingerprint density at radius 3 is 2.54 bits per heavy atom. The lowest BCUT2D eigenvalue weighted by molar-refractivity contribution is 0.0951. The van der Waals surface area contributed by atoms with Gasteiger partial charge in [0.2, 0.25) is 0 Å². The molecule has 28 heavy (non-hydrogen) atoms. The fourth-order valence-corrected chi connectivity index (χ4v) is 3.87. The number of halogens is 1. The average molecular weight is 411 g/mol. The van der Waals surface area contributed by atoms with Gasteiger partial charge in [0.15, 0.2) is 5.96 Å². The lowest BCUT2D eigenvalue weighted by Gasteiger charge is -2.09. The van der Waals surface area contributed by atoms with Crippen molar-refractivity contribution in [2.24, 2.45) is 4.99 Å². The molecule has 0 fully saturated rings. The zero-order valence-electron chi connectivity index (χ0n) is 15.0. The largest absolute Gasteiger partial charge is 0.354 e. The van der Waals surface area contributed by atoms with Gasteiger partial charge in [0, 0.05) is 29.9 Å². The van der Waals surface area contributed by atoms with Crippen LogP contribution in [0.5, 0.6) is 0 Å². The second-order valence-electron chi connectivity index (χ2n) is 6.35. The van der Waals surface area contributed by atoms with E-state index in [1.54, 1.807) is 0 Å². The van der Waals surface area contributed by atoms with Crippen LogP contribution in [0.2, 0.25) is 4.34 Å². The highest BCUT2D eigenvalue weighted by Gasteiger charge is 2.09. The standard InChI is InChI=1S/C21H19ClN4OS/c22-19-18(9-12-28-19)15-3-5-16(6-4-15)20(27)25-13-14-1-7-17(8-2-14)26-21-23-10-11-24-21/h1-9,12H,10-11,13H2,(H,25,27)(H2,23,24,26). The molecule has 0 spiro atoms. The summed E-state index contributed by atoms with van der Waals surface area (Å²) in [5, 5.41) is 11.3. The fourth-order valence-electron chi connectivity index (χ4n) is 2.91. The monoisotopic (exact) mass is 410 g/mol. The molecule has 5 nitrogen and oxygen atoms in total. The molecule has 142 valence electrons. The van der Waals surface area contributed by atoms with E-state index in [0.717, 1.165) is 45.8 Å². The van der Waals surface area contributed by atoms with Crippen LogP contribution < -0.4 is 16.0 Å². The molecular weight excluding hydrogens is 392 g/mol. The number of guanidine groups is 1. The highest BCUT2D eigenvalue weighted by Crippen LogP contribution is 2.32. The van der Waals surface area contributed by atoms with E-state index in [4.69, 9.17) is 11.6 Å². The van der Waals surface area contributed by atoms with E-state index in [1.807, 2.05) is 60.0 Å². The number of hydrogen-bond acceptors (Lipinski definition) is 5. The Bertz CT molecular complexity index is 996. The van der Waals surface area contributed by atoms with Gasteiger partial charge < -0.3 is 16.0 Å². The van der Waals surface area contributed by atoms with Crippen molar-refractivity contribution in [3.05, 3.63) is 75.4 Å². The van der Waals surface area contributed by atoms with Gasteiger partial charge in [-0.15, -0.1) is 11.3 Å². The molecule has 3 aromatic rings. The smallest absolute Gasteiger partial charge is 0.251 e. The maximum Gasteiger partial charge on any atom is 0.251 e. The van der Waals surface area contributed by atoms with Crippen molar-refractivity contribution in [2.45, 2.75) is 6.54 Å². The van der Waals surface area contributed by atoms with Crippen molar-refractivity contribution in [1.82, 2.24) is 10.6 Å². The second kappa shape index (κ2) is 8.46. The van der Waals surface area contributed by atoms with Gasteiger partial charge in [-0.1, -0.05) is 35.9 Å². The molecule has 0 bridgehead atoms. The van der Waals surface area contributed by atoms with Crippen LogP contribution in [0.15, 0.2) is 65.0 Å². The molecule has 0 radical (unpaired) electrons. The van der Waals surface area contributed by atoms with Gasteiger partial charge in [0.05, 0.1) is 6.54 Å². The number of nitrogens with zero attached hydrogens (tertiary/aromatic N) is 1. The van der Waals surface area contributed by atoms with Crippen LogP contribution >= 0.6 is 22.9 Å². The fraction of sp³-hybridized carbons (Fsp3) is 0.143. The highest BCUT2D eigenvalue weighted by atomic mass is 35.5. The van der Waals surface area contributed by atoms with E-state index in [0.29, 0.717) is 12.1 Å². The molecule has 0 saturated carbocycles. The summed E-state index contributed by atoms with van der Waals surface area (Å²) in [6, 6.07) is 17.4. The predicted molar refractivity (Wildman–Crippen MR) is 116 cm³/mol. The number of thiophene rings is 1. The number of aliphatic imine (C=N–C) groups is 1. The molecule has 2 aromatic carbocycles. The molecule has 1 aliphatic rings. The summed E-state index contributed by atoms with van der Waals surface area (Å²) in [6.45, 7) is 2.14. The number of hydrogen-bond donors (Lipinski definition) is 3. The molecule has 0 aliphatic carbocycles. The quantitative estimate of drug-likeness (QED) is 0.585. The normalized spacial score (nSPS) is 13.0. The van der Waals surface area contributed by atoms with Crippen LogP contribution in [0, 0.1) is 0 Å². The Morgan fingerprint density at radius 1 is 1.11 bits per heavy atom. The molecule has 1 aliphatic heterocycles. The minimum absolute atomic E-state index is 0.102. The maximum atomic E-state index is 12.4. The van der Waals surface area contributed by atoms with Crippen LogP contribution in [0.1, 0.15) is 15.9 Å². The summed E-state index contributed by atoms with van der Waals surface area (Å²) in [5.74, 6) is 0.697. The molecule has 0 atom stereocenters. The zero-order valence-corrected chi connectivity index (χ0v) is 16.6. The van der Waals surface area contributed by atoms with Crippen molar-refractivity contribution in [2.75, 3.05) is 18.4 Å². The first kappa shape index (κ1) is 18.5. The number of carbonyl (C=O) groups is 1. The van der Waals surface area contributed by atoms with Crippen LogP contribution in [-0.4, -0.2) is 25.0 Å². The lowest BCUT2D eigenvalue weighted by Crippen LogP contribution is -2.26. The molecule has 3 N–H and O–H groups in total. The first-order chi connectivity index (χ1) is 13.7. The van der Waals surface area contributed by atoms with Crippen molar-refractivity contribution < 1.29 is 4.79 Å². The van der Waals surface area contributed by atoms with E-state index < -0.39 is 0 Å². The third-order valence-electron chi connectivity index (χ3n) is 4.42. The highest BCUT2D eigenvalue weighted by molar-refractivity contribution is 7.15. The molecule has 1 amide bonds. The van der Waals surface area contributed by atoms with Crippen molar-refractivity contribution in [3.63, 3.8) is 0 Å². The summed E-state index contributed by atoms with van der Waals surface area (Å²) in [6.07, 6.45) is 0. The second-order valence-corrected chi connectivity index (χ2v) is 7.87. The Balaban J connectivity index is 1.33. The van der Waals surface area contributed by atoms with E-state index in [-0.39, 0.29) is 5.91 Å². The summed E-state index contributed by atoms with van der Waals surface area (Å²) >= 11 is 7.67. The molecular formula is C21H19ClN4OS. The summed E-state index contributed by atoms with van der Waals surface area (Å²) in [7, 11) is 0. The molecule has 0 saturated heterocycles. The predicted octanol–water partition coefficient (Wildman–Crippen LogP) is 4.37. The number of rotatable bonds is 5. The number of amides is 1. The van der Waals surface area contributed by atoms with Gasteiger partial charge in [-0.05, 0) is 46.8 Å². The number of anilines is 1. The van der Waals surface area contributed by atoms with Crippen LogP contribution in [-0.2, 0) is 6.54 Å². The Kier molecular flexibility index (Phi) is 5.60. The van der Waals surface area contributed by atoms with Gasteiger partial charge in [-0.2, -0.15) is 0 Å². The van der Waals surface area contributed by atoms with Gasteiger partial charge in [-0.25, -0.2) is 0 Å². The van der Waals surface area contributed by atoms with Crippen molar-refractivity contribution in [3.8, 4) is 11.1 Å². The SMILES string of the molecule is O=C(NCc1ccc(NC2=NCCN2)cc1)c1ccc(-c2ccsc2Cl)cc1. The van der Waals surface area contributed by atoms with Crippen molar-refractivity contribution in [1.29, 1.82) is 0 Å². The summed E-state index contributed by atoms with van der Waals surface area (Å²) in [4.78, 5) is 16.7. The minimum atomic E-state index is -0.102. The maximum absolute atomic E-state index is 12.4. The number of benzene rings is 2. The van der Waals surface area contributed by atoms with E-state index >= 15 is 0 Å². The van der Waals surface area contributed by atoms with Crippen molar-refractivity contribution >= 4 is 40.5 Å². The first-order valence-corrected chi connectivity index (χ1v) is 10.2. The molecule has 7 heteroatoms. The van der Waals surface area contributed by atoms with E-state index in [1.165, 1.54) is 11.3 Å². The Morgan fingerprint density at radius 2 is 1.89 bits per heavy atom. The van der Waals surface area contributed by atoms with E-state index in [9.17, 15) is 4.79 Å². The van der Waals surface area contributed by atoms with Gasteiger partial charge >= 0.3 is 0 Å². The topological polar surface area (TPSA) is 65.5 Å². The van der Waals surface area contributed by atoms with Gasteiger partial charge in [-0.3, -0.25) is 9.79 Å². The van der Waals surface area contributed by atoms with Crippen LogP contribution in [0.25, 0.3) is 11.1 Å². The molecule has 1 aromatic heterocycles. The molecule has 4 rings (SSSR count). The minimum Gasteiger partial charge on any atom is -0.354 e.